The number of carbonyl (C=O) groups excluding carboxylic acids is 1. The average molecular weight is 331 g/mol. The molecule has 0 saturated heterocycles. The van der Waals surface area contributed by atoms with Gasteiger partial charge in [0, 0.05) is 4.47 Å². The van der Waals surface area contributed by atoms with Gasteiger partial charge in [0.1, 0.15) is 11.0 Å². The summed E-state index contributed by atoms with van der Waals surface area (Å²) in [6.45, 7) is 0. The summed E-state index contributed by atoms with van der Waals surface area (Å²) in [4.78, 5) is 19.5. The van der Waals surface area contributed by atoms with Crippen molar-refractivity contribution < 1.29 is 9.18 Å². The number of halogens is 3. The second kappa shape index (κ2) is 5.41. The van der Waals surface area contributed by atoms with Crippen molar-refractivity contribution >= 4 is 39.3 Å². The summed E-state index contributed by atoms with van der Waals surface area (Å²) >= 11 is 8.81. The quantitative estimate of drug-likeness (QED) is 0.919. The molecule has 0 aliphatic heterocycles. The molecule has 7 heteroatoms. The Labute approximate surface area is 115 Å². The third-order valence-electron chi connectivity index (χ3n) is 2.02. The molecule has 0 fully saturated rings. The fourth-order valence-corrected chi connectivity index (χ4v) is 1.83. The highest BCUT2D eigenvalue weighted by Gasteiger charge is 2.12. The molecule has 2 aromatic rings. The molecule has 0 aliphatic carbocycles. The molecule has 0 unspecified atom stereocenters. The maximum absolute atomic E-state index is 13.1. The van der Waals surface area contributed by atoms with E-state index in [0.29, 0.717) is 4.47 Å². The molecular formula is C11H6BrClFN3O. The zero-order valence-corrected chi connectivity index (χ0v) is 11.2. The van der Waals surface area contributed by atoms with Crippen LogP contribution in [0.25, 0.3) is 0 Å². The van der Waals surface area contributed by atoms with Crippen molar-refractivity contribution in [1.82, 2.24) is 9.97 Å². The normalized spacial score (nSPS) is 10.2. The summed E-state index contributed by atoms with van der Waals surface area (Å²) in [5, 5.41) is 2.63. The summed E-state index contributed by atoms with van der Waals surface area (Å²) in [6, 6.07) is 3.82. The number of carbonyl (C=O) groups is 1. The molecule has 2 rings (SSSR count). The lowest BCUT2D eigenvalue weighted by molar-refractivity contribution is 0.102. The van der Waals surface area contributed by atoms with Crippen LogP contribution in [-0.2, 0) is 0 Å². The Bertz CT molecular complexity index is 609. The Hall–Kier alpha value is -1.53. The molecule has 18 heavy (non-hydrogen) atoms. The SMILES string of the molecule is O=C(Nc1cncc(Cl)n1)c1cc(F)ccc1Br. The standard InChI is InChI=1S/C11H6BrClFN3O/c12-8-2-1-6(14)3-7(8)11(18)17-10-5-15-4-9(13)16-10/h1-5H,(H,16,17,18). The topological polar surface area (TPSA) is 54.9 Å². The first-order valence-electron chi connectivity index (χ1n) is 4.80. The van der Waals surface area contributed by atoms with Crippen LogP contribution in [0.5, 0.6) is 0 Å². The molecule has 0 radical (unpaired) electrons. The first kappa shape index (κ1) is 12.9. The number of benzene rings is 1. The van der Waals surface area contributed by atoms with E-state index in [4.69, 9.17) is 11.6 Å². The first-order chi connectivity index (χ1) is 8.56. The Morgan fingerprint density at radius 3 is 2.89 bits per heavy atom. The van der Waals surface area contributed by atoms with Gasteiger partial charge in [-0.05, 0) is 34.1 Å². The van der Waals surface area contributed by atoms with Gasteiger partial charge in [0.2, 0.25) is 0 Å². The first-order valence-corrected chi connectivity index (χ1v) is 5.97. The summed E-state index contributed by atoms with van der Waals surface area (Å²) in [7, 11) is 0. The van der Waals surface area contributed by atoms with Gasteiger partial charge in [-0.1, -0.05) is 11.6 Å². The minimum Gasteiger partial charge on any atom is -0.305 e. The lowest BCUT2D eigenvalue weighted by atomic mass is 10.2. The number of hydrogen-bond donors (Lipinski definition) is 1. The molecule has 1 heterocycles. The van der Waals surface area contributed by atoms with Crippen LogP contribution in [-0.4, -0.2) is 15.9 Å². The second-order valence-electron chi connectivity index (χ2n) is 3.31. The van der Waals surface area contributed by atoms with Crippen molar-refractivity contribution in [3.63, 3.8) is 0 Å². The minimum atomic E-state index is -0.502. The van der Waals surface area contributed by atoms with Gasteiger partial charge >= 0.3 is 0 Å². The van der Waals surface area contributed by atoms with E-state index in [1.165, 1.54) is 24.5 Å². The van der Waals surface area contributed by atoms with Gasteiger partial charge < -0.3 is 5.32 Å². The van der Waals surface area contributed by atoms with Crippen molar-refractivity contribution in [1.29, 1.82) is 0 Å². The highest BCUT2D eigenvalue weighted by Crippen LogP contribution is 2.19. The third-order valence-corrected chi connectivity index (χ3v) is 2.89. The number of rotatable bonds is 2. The van der Waals surface area contributed by atoms with Crippen LogP contribution in [0.3, 0.4) is 0 Å². The Kier molecular flexibility index (Phi) is 3.88. The maximum atomic E-state index is 13.1. The van der Waals surface area contributed by atoms with Crippen molar-refractivity contribution in [2.24, 2.45) is 0 Å². The molecule has 0 bridgehead atoms. The fourth-order valence-electron chi connectivity index (χ4n) is 1.26. The van der Waals surface area contributed by atoms with Crippen LogP contribution >= 0.6 is 27.5 Å². The van der Waals surface area contributed by atoms with E-state index in [9.17, 15) is 9.18 Å². The molecule has 0 spiro atoms. The van der Waals surface area contributed by atoms with Crippen molar-refractivity contribution in [3.8, 4) is 0 Å². The van der Waals surface area contributed by atoms with Crippen molar-refractivity contribution in [2.45, 2.75) is 0 Å². The Morgan fingerprint density at radius 2 is 2.17 bits per heavy atom. The number of amides is 1. The number of nitrogens with one attached hydrogen (secondary N) is 1. The molecular weight excluding hydrogens is 324 g/mol. The number of hydrogen-bond acceptors (Lipinski definition) is 3. The predicted octanol–water partition coefficient (Wildman–Crippen LogP) is 3.28. The largest absolute Gasteiger partial charge is 0.305 e. The zero-order chi connectivity index (χ0) is 13.1. The highest BCUT2D eigenvalue weighted by atomic mass is 79.9. The highest BCUT2D eigenvalue weighted by molar-refractivity contribution is 9.10. The van der Waals surface area contributed by atoms with Crippen LogP contribution in [0.15, 0.2) is 35.1 Å². The lowest BCUT2D eigenvalue weighted by Crippen LogP contribution is -2.14. The van der Waals surface area contributed by atoms with Gasteiger partial charge in [0.15, 0.2) is 5.82 Å². The van der Waals surface area contributed by atoms with Gasteiger partial charge in [-0.15, -0.1) is 0 Å². The molecule has 1 aromatic heterocycles. The van der Waals surface area contributed by atoms with E-state index < -0.39 is 11.7 Å². The summed E-state index contributed by atoms with van der Waals surface area (Å²) in [5.41, 5.74) is 0.164. The van der Waals surface area contributed by atoms with E-state index in [0.717, 1.165) is 6.07 Å². The lowest BCUT2D eigenvalue weighted by Gasteiger charge is -2.06. The second-order valence-corrected chi connectivity index (χ2v) is 4.55. The molecule has 0 atom stereocenters. The Morgan fingerprint density at radius 1 is 1.39 bits per heavy atom. The van der Waals surface area contributed by atoms with E-state index in [1.54, 1.807) is 0 Å². The third kappa shape index (κ3) is 3.02. The van der Waals surface area contributed by atoms with E-state index in [1.807, 2.05) is 0 Å². The van der Waals surface area contributed by atoms with Crippen LogP contribution in [0.1, 0.15) is 10.4 Å². The number of aromatic nitrogens is 2. The molecule has 0 aliphatic rings. The van der Waals surface area contributed by atoms with Gasteiger partial charge in [-0.2, -0.15) is 0 Å². The predicted molar refractivity (Wildman–Crippen MR) is 69.1 cm³/mol. The van der Waals surface area contributed by atoms with Gasteiger partial charge in [0.05, 0.1) is 18.0 Å². The van der Waals surface area contributed by atoms with Crippen LogP contribution < -0.4 is 5.32 Å². The molecule has 92 valence electrons. The van der Waals surface area contributed by atoms with Crippen molar-refractivity contribution in [2.75, 3.05) is 5.32 Å². The molecule has 1 aromatic carbocycles. The van der Waals surface area contributed by atoms with E-state index >= 15 is 0 Å². The molecule has 4 nitrogen and oxygen atoms in total. The molecule has 1 N–H and O–H groups in total. The summed E-state index contributed by atoms with van der Waals surface area (Å²) < 4.78 is 13.5. The number of nitrogens with zero attached hydrogens (tertiary/aromatic N) is 2. The Balaban J connectivity index is 2.24. The smallest absolute Gasteiger partial charge is 0.258 e. The van der Waals surface area contributed by atoms with Crippen LogP contribution in [0, 0.1) is 5.82 Å². The van der Waals surface area contributed by atoms with Gasteiger partial charge in [-0.25, -0.2) is 9.37 Å². The minimum absolute atomic E-state index is 0.158. The monoisotopic (exact) mass is 329 g/mol. The maximum Gasteiger partial charge on any atom is 0.258 e. The van der Waals surface area contributed by atoms with E-state index in [-0.39, 0.29) is 16.5 Å². The van der Waals surface area contributed by atoms with E-state index in [2.05, 4.69) is 31.2 Å². The van der Waals surface area contributed by atoms with Crippen LogP contribution in [0.2, 0.25) is 5.15 Å². The van der Waals surface area contributed by atoms with Crippen molar-refractivity contribution in [3.05, 3.63) is 51.6 Å². The molecule has 0 saturated carbocycles. The van der Waals surface area contributed by atoms with Gasteiger partial charge in [0.25, 0.3) is 5.91 Å². The average Bonchev–Trinajstić information content (AvgIpc) is 2.32. The zero-order valence-electron chi connectivity index (χ0n) is 8.82. The number of anilines is 1. The fraction of sp³-hybridized carbons (Fsp3) is 0. The molecule has 1 amide bonds. The summed E-state index contributed by atoms with van der Waals surface area (Å²) in [6.07, 6.45) is 2.69. The summed E-state index contributed by atoms with van der Waals surface area (Å²) in [5.74, 6) is -0.804. The van der Waals surface area contributed by atoms with Gasteiger partial charge in [-0.3, -0.25) is 9.78 Å². The van der Waals surface area contributed by atoms with Crippen LogP contribution in [0.4, 0.5) is 10.2 Å².